The molecule has 0 unspecified atom stereocenters. The standard InChI is InChI=1S/C20H32N4O3/c1-3-17(15-26-2)22-19-5-4-16(14-21-19)20(25)24-8-6-18(7-9-24)23-10-12-27-13-11-23/h4-5,14,17-18H,3,6-13,15H2,1-2H3,(H,21,22)/t17-/m0/s1. The minimum absolute atomic E-state index is 0.0819. The number of nitrogens with zero attached hydrogens (tertiary/aromatic N) is 3. The number of nitrogens with one attached hydrogen (secondary N) is 1. The Balaban J connectivity index is 1.50. The molecular formula is C20H32N4O3. The molecule has 1 aromatic rings. The number of anilines is 1. The second-order valence-electron chi connectivity index (χ2n) is 7.31. The van der Waals surface area contributed by atoms with Crippen LogP contribution in [0.5, 0.6) is 0 Å². The van der Waals surface area contributed by atoms with Crippen LogP contribution in [0.4, 0.5) is 5.82 Å². The summed E-state index contributed by atoms with van der Waals surface area (Å²) in [5.41, 5.74) is 0.658. The van der Waals surface area contributed by atoms with E-state index in [-0.39, 0.29) is 11.9 Å². The van der Waals surface area contributed by atoms with Crippen molar-refractivity contribution in [3.63, 3.8) is 0 Å². The van der Waals surface area contributed by atoms with Crippen LogP contribution in [0.2, 0.25) is 0 Å². The van der Waals surface area contributed by atoms with Crippen molar-refractivity contribution in [2.75, 3.05) is 58.4 Å². The number of hydrogen-bond acceptors (Lipinski definition) is 6. The molecule has 2 fully saturated rings. The van der Waals surface area contributed by atoms with Crippen LogP contribution < -0.4 is 5.32 Å². The van der Waals surface area contributed by atoms with Crippen LogP contribution in [0.3, 0.4) is 0 Å². The maximum Gasteiger partial charge on any atom is 0.255 e. The molecule has 3 rings (SSSR count). The molecule has 0 radical (unpaired) electrons. The number of carbonyl (C=O) groups excluding carboxylic acids is 1. The number of rotatable bonds is 7. The molecular weight excluding hydrogens is 344 g/mol. The zero-order valence-corrected chi connectivity index (χ0v) is 16.5. The highest BCUT2D eigenvalue weighted by Gasteiger charge is 2.28. The van der Waals surface area contributed by atoms with Crippen molar-refractivity contribution in [2.24, 2.45) is 0 Å². The first-order valence-electron chi connectivity index (χ1n) is 10.0. The van der Waals surface area contributed by atoms with Gasteiger partial charge in [-0.25, -0.2) is 4.98 Å². The van der Waals surface area contributed by atoms with E-state index in [1.165, 1.54) is 0 Å². The molecule has 2 aliphatic heterocycles. The summed E-state index contributed by atoms with van der Waals surface area (Å²) in [4.78, 5) is 21.7. The highest BCUT2D eigenvalue weighted by Crippen LogP contribution is 2.20. The zero-order valence-electron chi connectivity index (χ0n) is 16.5. The van der Waals surface area contributed by atoms with Crippen LogP contribution in [-0.2, 0) is 9.47 Å². The van der Waals surface area contributed by atoms with Gasteiger partial charge in [0.25, 0.3) is 5.91 Å². The van der Waals surface area contributed by atoms with E-state index in [0.29, 0.717) is 18.2 Å². The smallest absolute Gasteiger partial charge is 0.255 e. The monoisotopic (exact) mass is 376 g/mol. The lowest BCUT2D eigenvalue weighted by molar-refractivity contribution is 0.00158. The molecule has 1 atom stereocenters. The first kappa shape index (κ1) is 20.0. The molecule has 0 aliphatic carbocycles. The lowest BCUT2D eigenvalue weighted by Crippen LogP contribution is -2.50. The van der Waals surface area contributed by atoms with E-state index in [1.54, 1.807) is 13.3 Å². The first-order chi connectivity index (χ1) is 13.2. The van der Waals surface area contributed by atoms with Gasteiger partial charge in [-0.2, -0.15) is 0 Å². The van der Waals surface area contributed by atoms with Gasteiger partial charge in [-0.15, -0.1) is 0 Å². The van der Waals surface area contributed by atoms with Gasteiger partial charge in [0.05, 0.1) is 31.4 Å². The van der Waals surface area contributed by atoms with E-state index < -0.39 is 0 Å². The van der Waals surface area contributed by atoms with Crippen molar-refractivity contribution in [2.45, 2.75) is 38.3 Å². The Morgan fingerprint density at radius 2 is 2.04 bits per heavy atom. The molecule has 7 heteroatoms. The number of methoxy groups -OCH3 is 1. The Morgan fingerprint density at radius 3 is 2.63 bits per heavy atom. The summed E-state index contributed by atoms with van der Waals surface area (Å²) in [7, 11) is 1.70. The Morgan fingerprint density at radius 1 is 1.30 bits per heavy atom. The maximum atomic E-state index is 12.8. The molecule has 150 valence electrons. The summed E-state index contributed by atoms with van der Waals surface area (Å²) >= 11 is 0. The van der Waals surface area contributed by atoms with Gasteiger partial charge in [-0.3, -0.25) is 9.69 Å². The molecule has 3 heterocycles. The van der Waals surface area contributed by atoms with Crippen molar-refractivity contribution in [1.82, 2.24) is 14.8 Å². The summed E-state index contributed by atoms with van der Waals surface area (Å²) in [6, 6.07) is 4.55. The van der Waals surface area contributed by atoms with Crippen LogP contribution in [0.25, 0.3) is 0 Å². The molecule has 0 bridgehead atoms. The van der Waals surface area contributed by atoms with Gasteiger partial charge in [0.1, 0.15) is 5.82 Å². The molecule has 27 heavy (non-hydrogen) atoms. The third kappa shape index (κ3) is 5.40. The van der Waals surface area contributed by atoms with Gasteiger partial charge in [0.15, 0.2) is 0 Å². The molecule has 0 spiro atoms. The van der Waals surface area contributed by atoms with Gasteiger partial charge >= 0.3 is 0 Å². The van der Waals surface area contributed by atoms with E-state index in [0.717, 1.165) is 64.5 Å². The minimum Gasteiger partial charge on any atom is -0.383 e. The van der Waals surface area contributed by atoms with Crippen molar-refractivity contribution < 1.29 is 14.3 Å². The number of pyridine rings is 1. The number of carbonyl (C=O) groups is 1. The van der Waals surface area contributed by atoms with Gasteiger partial charge in [-0.05, 0) is 31.4 Å². The average Bonchev–Trinajstić information content (AvgIpc) is 2.74. The third-order valence-corrected chi connectivity index (χ3v) is 5.54. The minimum atomic E-state index is 0.0819. The van der Waals surface area contributed by atoms with E-state index in [4.69, 9.17) is 9.47 Å². The fraction of sp³-hybridized carbons (Fsp3) is 0.700. The predicted octanol–water partition coefficient (Wildman–Crippen LogP) is 1.86. The quantitative estimate of drug-likeness (QED) is 0.783. The van der Waals surface area contributed by atoms with Gasteiger partial charge in [0, 0.05) is 45.5 Å². The lowest BCUT2D eigenvalue weighted by Gasteiger charge is -2.40. The van der Waals surface area contributed by atoms with Gasteiger partial charge in [-0.1, -0.05) is 6.92 Å². The van der Waals surface area contributed by atoms with Crippen molar-refractivity contribution >= 4 is 11.7 Å². The largest absolute Gasteiger partial charge is 0.383 e. The molecule has 2 saturated heterocycles. The summed E-state index contributed by atoms with van der Waals surface area (Å²) in [5, 5.41) is 3.34. The van der Waals surface area contributed by atoms with Crippen LogP contribution in [-0.4, -0.2) is 85.9 Å². The number of aromatic nitrogens is 1. The molecule has 0 aromatic carbocycles. The van der Waals surface area contributed by atoms with E-state index in [9.17, 15) is 4.79 Å². The highest BCUT2D eigenvalue weighted by atomic mass is 16.5. The number of piperidine rings is 1. The van der Waals surface area contributed by atoms with Gasteiger partial charge in [0.2, 0.25) is 0 Å². The van der Waals surface area contributed by atoms with Crippen molar-refractivity contribution in [1.29, 1.82) is 0 Å². The summed E-state index contributed by atoms with van der Waals surface area (Å²) in [6.45, 7) is 8.05. The third-order valence-electron chi connectivity index (χ3n) is 5.54. The van der Waals surface area contributed by atoms with Crippen LogP contribution in [0, 0.1) is 0 Å². The number of amides is 1. The van der Waals surface area contributed by atoms with Crippen LogP contribution in [0.1, 0.15) is 36.5 Å². The lowest BCUT2D eigenvalue weighted by atomic mass is 10.0. The van der Waals surface area contributed by atoms with Crippen LogP contribution in [0.15, 0.2) is 18.3 Å². The van der Waals surface area contributed by atoms with Crippen molar-refractivity contribution in [3.8, 4) is 0 Å². The predicted molar refractivity (Wildman–Crippen MR) is 105 cm³/mol. The summed E-state index contributed by atoms with van der Waals surface area (Å²) in [5.74, 6) is 0.861. The SMILES string of the molecule is CC[C@@H](COC)Nc1ccc(C(=O)N2CCC(N3CCOCC3)CC2)cn1. The summed E-state index contributed by atoms with van der Waals surface area (Å²) in [6.07, 6.45) is 4.70. The first-order valence-corrected chi connectivity index (χ1v) is 10.0. The molecule has 1 amide bonds. The second-order valence-corrected chi connectivity index (χ2v) is 7.31. The molecule has 0 saturated carbocycles. The van der Waals surface area contributed by atoms with Crippen LogP contribution >= 0.6 is 0 Å². The van der Waals surface area contributed by atoms with E-state index in [2.05, 4.69) is 22.1 Å². The molecule has 2 aliphatic rings. The number of likely N-dealkylation sites (tertiary alicyclic amines) is 1. The zero-order chi connectivity index (χ0) is 19.1. The normalized spacial score (nSPS) is 20.4. The van der Waals surface area contributed by atoms with E-state index in [1.807, 2.05) is 17.0 Å². The Hall–Kier alpha value is -1.70. The average molecular weight is 377 g/mol. The van der Waals surface area contributed by atoms with E-state index >= 15 is 0 Å². The Bertz CT molecular complexity index is 581. The number of hydrogen-bond donors (Lipinski definition) is 1. The molecule has 1 aromatic heterocycles. The Labute approximate surface area is 162 Å². The fourth-order valence-corrected chi connectivity index (χ4v) is 3.84. The second kappa shape index (κ2) is 10.0. The highest BCUT2D eigenvalue weighted by molar-refractivity contribution is 5.94. The molecule has 1 N–H and O–H groups in total. The van der Waals surface area contributed by atoms with Crippen molar-refractivity contribution in [3.05, 3.63) is 23.9 Å². The van der Waals surface area contributed by atoms with Gasteiger partial charge < -0.3 is 19.7 Å². The fourth-order valence-electron chi connectivity index (χ4n) is 3.84. The maximum absolute atomic E-state index is 12.8. The molecule has 7 nitrogen and oxygen atoms in total. The number of ether oxygens (including phenoxy) is 2. The summed E-state index contributed by atoms with van der Waals surface area (Å²) < 4.78 is 10.6. The topological polar surface area (TPSA) is 66.9 Å². The Kier molecular flexibility index (Phi) is 7.43. The number of morpholine rings is 1.